The second kappa shape index (κ2) is 4.94. The van der Waals surface area contributed by atoms with Gasteiger partial charge in [0, 0.05) is 10.5 Å². The normalized spacial score (nSPS) is 10.5. The van der Waals surface area contributed by atoms with Crippen LogP contribution in [-0.2, 0) is 0 Å². The van der Waals surface area contributed by atoms with Crippen molar-refractivity contribution < 1.29 is 9.18 Å². The maximum atomic E-state index is 13.4. The summed E-state index contributed by atoms with van der Waals surface area (Å²) < 4.78 is 13.8. The molecule has 0 aromatic heterocycles. The van der Waals surface area contributed by atoms with Crippen LogP contribution in [0.2, 0.25) is 5.02 Å². The molecule has 2 nitrogen and oxygen atoms in total. The number of hydrogen-bond acceptors (Lipinski definition) is 1. The minimum atomic E-state index is -0.593. The average molecular weight is 295 g/mol. The van der Waals surface area contributed by atoms with Crippen LogP contribution in [-0.4, -0.2) is 11.9 Å². The number of nitrogens with one attached hydrogen (secondary N) is 1. The van der Waals surface area contributed by atoms with Gasteiger partial charge in [0.1, 0.15) is 5.82 Å². The summed E-state index contributed by atoms with van der Waals surface area (Å²) in [5.74, 6) is -1.05. The zero-order chi connectivity index (χ0) is 11.6. The van der Waals surface area contributed by atoms with Crippen LogP contribution < -0.4 is 5.32 Å². The molecule has 0 aliphatic heterocycles. The SMILES string of the molecule is CC(C)NC(=O)c1cc(Cl)c(Br)cc1F. The van der Waals surface area contributed by atoms with Crippen LogP contribution in [0.4, 0.5) is 4.39 Å². The first-order chi connectivity index (χ1) is 6.91. The Hall–Kier alpha value is -0.610. The first kappa shape index (κ1) is 12.5. The smallest absolute Gasteiger partial charge is 0.254 e. The summed E-state index contributed by atoms with van der Waals surface area (Å²) in [5, 5.41) is 2.90. The van der Waals surface area contributed by atoms with Crippen LogP contribution in [0.15, 0.2) is 16.6 Å². The topological polar surface area (TPSA) is 29.1 Å². The fourth-order valence-corrected chi connectivity index (χ4v) is 1.52. The largest absolute Gasteiger partial charge is 0.350 e. The minimum Gasteiger partial charge on any atom is -0.350 e. The fraction of sp³-hybridized carbons (Fsp3) is 0.300. The molecule has 0 unspecified atom stereocenters. The Balaban J connectivity index is 3.04. The van der Waals surface area contributed by atoms with Crippen molar-refractivity contribution in [3.05, 3.63) is 33.0 Å². The molecule has 1 rings (SSSR count). The van der Waals surface area contributed by atoms with E-state index in [1.54, 1.807) is 13.8 Å². The zero-order valence-corrected chi connectivity index (χ0v) is 10.6. The highest BCUT2D eigenvalue weighted by Crippen LogP contribution is 2.25. The number of carbonyl (C=O) groups excluding carboxylic acids is 1. The van der Waals surface area contributed by atoms with E-state index in [1.807, 2.05) is 0 Å². The third kappa shape index (κ3) is 3.18. The van der Waals surface area contributed by atoms with Gasteiger partial charge in [0.05, 0.1) is 10.6 Å². The van der Waals surface area contributed by atoms with Crippen molar-refractivity contribution in [2.75, 3.05) is 0 Å². The lowest BCUT2D eigenvalue weighted by Gasteiger charge is -2.09. The molecule has 0 aliphatic rings. The van der Waals surface area contributed by atoms with Crippen LogP contribution in [0.25, 0.3) is 0 Å². The summed E-state index contributed by atoms with van der Waals surface area (Å²) in [6, 6.07) is 2.44. The highest BCUT2D eigenvalue weighted by atomic mass is 79.9. The number of benzene rings is 1. The number of halogens is 3. The Morgan fingerprint density at radius 3 is 2.67 bits per heavy atom. The molecule has 0 fully saturated rings. The van der Waals surface area contributed by atoms with Crippen molar-refractivity contribution in [3.8, 4) is 0 Å². The Bertz CT molecular complexity index is 395. The maximum Gasteiger partial charge on any atom is 0.254 e. The van der Waals surface area contributed by atoms with E-state index in [1.165, 1.54) is 12.1 Å². The van der Waals surface area contributed by atoms with Gasteiger partial charge in [-0.25, -0.2) is 4.39 Å². The molecule has 0 heterocycles. The molecule has 0 aliphatic carbocycles. The van der Waals surface area contributed by atoms with Gasteiger partial charge in [0.2, 0.25) is 0 Å². The number of rotatable bonds is 2. The molecule has 5 heteroatoms. The van der Waals surface area contributed by atoms with Gasteiger partial charge in [-0.05, 0) is 41.9 Å². The van der Waals surface area contributed by atoms with E-state index in [-0.39, 0.29) is 11.6 Å². The Morgan fingerprint density at radius 1 is 1.53 bits per heavy atom. The number of carbonyl (C=O) groups is 1. The molecule has 0 bridgehead atoms. The van der Waals surface area contributed by atoms with Gasteiger partial charge in [0.15, 0.2) is 0 Å². The van der Waals surface area contributed by atoms with Gasteiger partial charge in [-0.15, -0.1) is 0 Å². The predicted octanol–water partition coefficient (Wildman–Crippen LogP) is 3.38. The van der Waals surface area contributed by atoms with Crippen LogP contribution in [0.3, 0.4) is 0 Å². The zero-order valence-electron chi connectivity index (χ0n) is 8.27. The summed E-state index contributed by atoms with van der Waals surface area (Å²) in [6.45, 7) is 3.60. The monoisotopic (exact) mass is 293 g/mol. The van der Waals surface area contributed by atoms with Crippen LogP contribution in [0.5, 0.6) is 0 Å². The van der Waals surface area contributed by atoms with Gasteiger partial charge in [-0.1, -0.05) is 11.6 Å². The molecule has 0 saturated heterocycles. The van der Waals surface area contributed by atoms with E-state index in [4.69, 9.17) is 11.6 Å². The maximum absolute atomic E-state index is 13.4. The van der Waals surface area contributed by atoms with Gasteiger partial charge >= 0.3 is 0 Å². The molecule has 82 valence electrons. The first-order valence-electron chi connectivity index (χ1n) is 4.37. The fourth-order valence-electron chi connectivity index (χ4n) is 1.04. The van der Waals surface area contributed by atoms with Crippen LogP contribution >= 0.6 is 27.5 Å². The second-order valence-corrected chi connectivity index (χ2v) is 4.64. The van der Waals surface area contributed by atoms with E-state index in [0.29, 0.717) is 9.50 Å². The van der Waals surface area contributed by atoms with Crippen molar-refractivity contribution in [2.45, 2.75) is 19.9 Å². The lowest BCUT2D eigenvalue weighted by Crippen LogP contribution is -2.30. The molecule has 1 N–H and O–H groups in total. The Morgan fingerprint density at radius 2 is 2.13 bits per heavy atom. The standard InChI is InChI=1S/C10H10BrClFNO/c1-5(2)14-10(15)6-3-8(12)7(11)4-9(6)13/h3-5H,1-2H3,(H,14,15). The van der Waals surface area contributed by atoms with Crippen molar-refractivity contribution in [1.82, 2.24) is 5.32 Å². The molecule has 0 radical (unpaired) electrons. The summed E-state index contributed by atoms with van der Waals surface area (Å²) >= 11 is 8.85. The molecule has 0 spiro atoms. The van der Waals surface area contributed by atoms with E-state index >= 15 is 0 Å². The predicted molar refractivity (Wildman–Crippen MR) is 61.7 cm³/mol. The molecule has 1 aromatic rings. The van der Waals surface area contributed by atoms with E-state index < -0.39 is 11.7 Å². The number of amides is 1. The third-order valence-electron chi connectivity index (χ3n) is 1.67. The van der Waals surface area contributed by atoms with Crippen molar-refractivity contribution >= 4 is 33.4 Å². The summed E-state index contributed by atoms with van der Waals surface area (Å²) in [4.78, 5) is 11.5. The van der Waals surface area contributed by atoms with Gasteiger partial charge in [0.25, 0.3) is 5.91 Å². The van der Waals surface area contributed by atoms with E-state index in [9.17, 15) is 9.18 Å². The van der Waals surface area contributed by atoms with Crippen molar-refractivity contribution in [3.63, 3.8) is 0 Å². The highest BCUT2D eigenvalue weighted by Gasteiger charge is 2.14. The molecule has 1 aromatic carbocycles. The van der Waals surface area contributed by atoms with Crippen LogP contribution in [0, 0.1) is 5.82 Å². The van der Waals surface area contributed by atoms with Crippen LogP contribution in [0.1, 0.15) is 24.2 Å². The minimum absolute atomic E-state index is 0.0423. The van der Waals surface area contributed by atoms with E-state index in [0.717, 1.165) is 0 Å². The highest BCUT2D eigenvalue weighted by molar-refractivity contribution is 9.10. The molecule has 0 atom stereocenters. The van der Waals surface area contributed by atoms with E-state index in [2.05, 4.69) is 21.2 Å². The van der Waals surface area contributed by atoms with Crippen molar-refractivity contribution in [1.29, 1.82) is 0 Å². The molecular formula is C10H10BrClFNO. The molecular weight excluding hydrogens is 284 g/mol. The lowest BCUT2D eigenvalue weighted by atomic mass is 10.2. The van der Waals surface area contributed by atoms with Gasteiger partial charge in [-0.3, -0.25) is 4.79 Å². The van der Waals surface area contributed by atoms with Gasteiger partial charge in [-0.2, -0.15) is 0 Å². The quantitative estimate of drug-likeness (QED) is 0.832. The van der Waals surface area contributed by atoms with Crippen molar-refractivity contribution in [2.24, 2.45) is 0 Å². The molecule has 0 saturated carbocycles. The average Bonchev–Trinajstić information content (AvgIpc) is 2.09. The molecule has 1 amide bonds. The summed E-state index contributed by atoms with van der Waals surface area (Å²) in [5.41, 5.74) is -0.0445. The first-order valence-corrected chi connectivity index (χ1v) is 5.54. The second-order valence-electron chi connectivity index (χ2n) is 3.37. The Kier molecular flexibility index (Phi) is 4.11. The summed E-state index contributed by atoms with van der Waals surface area (Å²) in [6.07, 6.45) is 0. The lowest BCUT2D eigenvalue weighted by molar-refractivity contribution is 0.0939. The third-order valence-corrected chi connectivity index (χ3v) is 2.87. The molecule has 15 heavy (non-hydrogen) atoms. The number of hydrogen-bond donors (Lipinski definition) is 1. The Labute approximate surface area is 101 Å². The van der Waals surface area contributed by atoms with Gasteiger partial charge < -0.3 is 5.32 Å². The summed E-state index contributed by atoms with van der Waals surface area (Å²) in [7, 11) is 0.